The minimum absolute atomic E-state index is 0.334. The number of benzene rings is 1. The predicted molar refractivity (Wildman–Crippen MR) is 70.6 cm³/mol. The summed E-state index contributed by atoms with van der Waals surface area (Å²) in [6, 6.07) is 5.29. The number of amides is 1. The predicted octanol–water partition coefficient (Wildman–Crippen LogP) is 0.705. The molecule has 0 saturated carbocycles. The zero-order valence-electron chi connectivity index (χ0n) is 11.2. The van der Waals surface area contributed by atoms with Gasteiger partial charge < -0.3 is 10.5 Å². The quantitative estimate of drug-likeness (QED) is 0.814. The van der Waals surface area contributed by atoms with E-state index in [1.807, 2.05) is 17.0 Å². The Balaban J connectivity index is 2.32. The van der Waals surface area contributed by atoms with E-state index in [2.05, 4.69) is 0 Å². The van der Waals surface area contributed by atoms with Gasteiger partial charge in [-0.3, -0.25) is 9.69 Å². The summed E-state index contributed by atoms with van der Waals surface area (Å²) in [5, 5.41) is 0. The van der Waals surface area contributed by atoms with Gasteiger partial charge in [0.05, 0.1) is 18.7 Å². The summed E-state index contributed by atoms with van der Waals surface area (Å²) in [4.78, 5) is 25.0. The molecule has 0 fully saturated rings. The van der Waals surface area contributed by atoms with E-state index in [9.17, 15) is 9.59 Å². The molecule has 1 atom stereocenters. The fourth-order valence-electron chi connectivity index (χ4n) is 2.41. The van der Waals surface area contributed by atoms with Crippen LogP contribution in [0.4, 0.5) is 0 Å². The number of esters is 1. The molecule has 1 aromatic rings. The highest BCUT2D eigenvalue weighted by atomic mass is 16.5. The molecule has 1 unspecified atom stereocenters. The third kappa shape index (κ3) is 2.61. The van der Waals surface area contributed by atoms with E-state index in [1.165, 1.54) is 7.11 Å². The molecule has 0 spiro atoms. The second-order valence-electron chi connectivity index (χ2n) is 4.73. The lowest BCUT2D eigenvalue weighted by Crippen LogP contribution is -2.45. The molecular formula is C14H18N2O3. The van der Waals surface area contributed by atoms with Crippen LogP contribution in [0.15, 0.2) is 18.2 Å². The number of rotatable bonds is 3. The van der Waals surface area contributed by atoms with Gasteiger partial charge in [0.1, 0.15) is 0 Å². The molecule has 1 amide bonds. The second kappa shape index (κ2) is 5.40. The molecule has 19 heavy (non-hydrogen) atoms. The van der Waals surface area contributed by atoms with Gasteiger partial charge in [-0.1, -0.05) is 12.1 Å². The Labute approximate surface area is 112 Å². The van der Waals surface area contributed by atoms with Crippen molar-refractivity contribution in [3.8, 4) is 0 Å². The number of nitrogens with two attached hydrogens (primary N) is 1. The highest BCUT2D eigenvalue weighted by Crippen LogP contribution is 2.24. The summed E-state index contributed by atoms with van der Waals surface area (Å²) in [5.41, 5.74) is 7.98. The van der Waals surface area contributed by atoms with Crippen LogP contribution in [0.5, 0.6) is 0 Å². The Morgan fingerprint density at radius 2 is 2.16 bits per heavy atom. The third-order valence-corrected chi connectivity index (χ3v) is 3.67. The first kappa shape index (κ1) is 13.5. The highest BCUT2D eigenvalue weighted by molar-refractivity contribution is 5.91. The monoisotopic (exact) mass is 262 g/mol. The maximum atomic E-state index is 11.8. The molecule has 1 aromatic carbocycles. The first-order chi connectivity index (χ1) is 9.04. The number of methoxy groups -OCH3 is 1. The molecule has 1 heterocycles. The number of primary amides is 1. The second-order valence-corrected chi connectivity index (χ2v) is 4.73. The van der Waals surface area contributed by atoms with E-state index in [4.69, 9.17) is 10.5 Å². The fraction of sp³-hybridized carbons (Fsp3) is 0.429. The Kier molecular flexibility index (Phi) is 3.85. The molecule has 2 rings (SSSR count). The Hall–Kier alpha value is -1.88. The molecule has 0 aromatic heterocycles. The smallest absolute Gasteiger partial charge is 0.338 e. The van der Waals surface area contributed by atoms with Crippen LogP contribution in [0, 0.1) is 0 Å². The minimum Gasteiger partial charge on any atom is -0.465 e. The van der Waals surface area contributed by atoms with Crippen LogP contribution in [-0.2, 0) is 22.5 Å². The maximum Gasteiger partial charge on any atom is 0.338 e. The van der Waals surface area contributed by atoms with Crippen molar-refractivity contribution in [2.24, 2.45) is 5.73 Å². The molecule has 1 aliphatic rings. The summed E-state index contributed by atoms with van der Waals surface area (Å²) in [6.07, 6.45) is 0.803. The van der Waals surface area contributed by atoms with Gasteiger partial charge in [0.2, 0.25) is 5.91 Å². The lowest BCUT2D eigenvalue weighted by Gasteiger charge is -2.32. The maximum absolute atomic E-state index is 11.8. The van der Waals surface area contributed by atoms with Crippen LogP contribution >= 0.6 is 0 Å². The van der Waals surface area contributed by atoms with Crippen molar-refractivity contribution >= 4 is 11.9 Å². The SMILES string of the molecule is COC(=O)c1cccc2c1CN(C(C)C(N)=O)CC2. The zero-order chi connectivity index (χ0) is 14.0. The Bertz CT molecular complexity index is 513. The first-order valence-electron chi connectivity index (χ1n) is 6.27. The van der Waals surface area contributed by atoms with E-state index >= 15 is 0 Å². The third-order valence-electron chi connectivity index (χ3n) is 3.67. The number of carbonyl (C=O) groups is 2. The minimum atomic E-state index is -0.348. The number of ether oxygens (including phenoxy) is 1. The number of nitrogens with zero attached hydrogens (tertiary/aromatic N) is 1. The largest absolute Gasteiger partial charge is 0.465 e. The van der Waals surface area contributed by atoms with Crippen molar-refractivity contribution in [3.05, 3.63) is 34.9 Å². The molecule has 5 nitrogen and oxygen atoms in total. The highest BCUT2D eigenvalue weighted by Gasteiger charge is 2.26. The molecular weight excluding hydrogens is 244 g/mol. The van der Waals surface area contributed by atoms with E-state index < -0.39 is 0 Å². The molecule has 0 aliphatic carbocycles. The average molecular weight is 262 g/mol. The van der Waals surface area contributed by atoms with Crippen molar-refractivity contribution in [2.75, 3.05) is 13.7 Å². The van der Waals surface area contributed by atoms with Gasteiger partial charge in [0.25, 0.3) is 0 Å². The lowest BCUT2D eigenvalue weighted by molar-refractivity contribution is -0.123. The summed E-state index contributed by atoms with van der Waals surface area (Å²) in [7, 11) is 1.37. The van der Waals surface area contributed by atoms with Crippen molar-refractivity contribution in [2.45, 2.75) is 25.9 Å². The summed E-state index contributed by atoms with van der Waals surface area (Å²) < 4.78 is 4.80. The molecule has 5 heteroatoms. The topological polar surface area (TPSA) is 72.6 Å². The van der Waals surface area contributed by atoms with Crippen LogP contribution in [-0.4, -0.2) is 36.5 Å². The molecule has 1 aliphatic heterocycles. The van der Waals surface area contributed by atoms with Gasteiger partial charge in [-0.05, 0) is 30.5 Å². The normalized spacial score (nSPS) is 16.5. The fourth-order valence-corrected chi connectivity index (χ4v) is 2.41. The lowest BCUT2D eigenvalue weighted by atomic mass is 9.94. The number of carbonyl (C=O) groups excluding carboxylic acids is 2. The summed E-state index contributed by atoms with van der Waals surface area (Å²) in [6.45, 7) is 3.10. The summed E-state index contributed by atoms with van der Waals surface area (Å²) in [5.74, 6) is -0.690. The first-order valence-corrected chi connectivity index (χ1v) is 6.27. The number of hydrogen-bond donors (Lipinski definition) is 1. The Morgan fingerprint density at radius 1 is 1.42 bits per heavy atom. The van der Waals surface area contributed by atoms with Gasteiger partial charge in [-0.2, -0.15) is 0 Å². The van der Waals surface area contributed by atoms with E-state index in [1.54, 1.807) is 13.0 Å². The van der Waals surface area contributed by atoms with Crippen LogP contribution in [0.25, 0.3) is 0 Å². The van der Waals surface area contributed by atoms with E-state index in [0.29, 0.717) is 12.1 Å². The molecule has 102 valence electrons. The Morgan fingerprint density at radius 3 is 2.79 bits per heavy atom. The van der Waals surface area contributed by atoms with Crippen LogP contribution < -0.4 is 5.73 Å². The van der Waals surface area contributed by atoms with E-state index in [0.717, 1.165) is 24.1 Å². The van der Waals surface area contributed by atoms with Crippen molar-refractivity contribution < 1.29 is 14.3 Å². The average Bonchev–Trinajstić information content (AvgIpc) is 2.44. The van der Waals surface area contributed by atoms with Crippen molar-refractivity contribution in [3.63, 3.8) is 0 Å². The van der Waals surface area contributed by atoms with Gasteiger partial charge in [-0.15, -0.1) is 0 Å². The van der Waals surface area contributed by atoms with Gasteiger partial charge in [-0.25, -0.2) is 4.79 Å². The molecule has 0 saturated heterocycles. The number of hydrogen-bond acceptors (Lipinski definition) is 4. The van der Waals surface area contributed by atoms with Gasteiger partial charge in [0.15, 0.2) is 0 Å². The standard InChI is InChI=1S/C14H18N2O3/c1-9(13(15)17)16-7-6-10-4-3-5-11(12(10)8-16)14(18)19-2/h3-5,9H,6-8H2,1-2H3,(H2,15,17). The number of fused-ring (bicyclic) bond motifs is 1. The van der Waals surface area contributed by atoms with Gasteiger partial charge >= 0.3 is 5.97 Å². The molecule has 2 N–H and O–H groups in total. The van der Waals surface area contributed by atoms with Crippen LogP contribution in [0.3, 0.4) is 0 Å². The van der Waals surface area contributed by atoms with Crippen molar-refractivity contribution in [1.82, 2.24) is 4.90 Å². The van der Waals surface area contributed by atoms with Crippen molar-refractivity contribution in [1.29, 1.82) is 0 Å². The van der Waals surface area contributed by atoms with Crippen LogP contribution in [0.1, 0.15) is 28.4 Å². The van der Waals surface area contributed by atoms with Crippen LogP contribution in [0.2, 0.25) is 0 Å². The molecule has 0 bridgehead atoms. The molecule has 0 radical (unpaired) electrons. The van der Waals surface area contributed by atoms with E-state index in [-0.39, 0.29) is 17.9 Å². The zero-order valence-corrected chi connectivity index (χ0v) is 11.2. The summed E-state index contributed by atoms with van der Waals surface area (Å²) >= 11 is 0. The van der Waals surface area contributed by atoms with Gasteiger partial charge in [0, 0.05) is 13.1 Å².